The first kappa shape index (κ1) is 12.7. The second-order valence-corrected chi connectivity index (χ2v) is 4.42. The summed E-state index contributed by atoms with van der Waals surface area (Å²) >= 11 is 0. The maximum Gasteiger partial charge on any atom is -0.0326 e. The van der Waals surface area contributed by atoms with E-state index in [0.717, 1.165) is 5.92 Å². The first-order valence-electron chi connectivity index (χ1n) is 5.81. The molecule has 0 radical (unpaired) electrons. The zero-order valence-corrected chi connectivity index (χ0v) is 9.73. The van der Waals surface area contributed by atoms with Gasteiger partial charge in [0.2, 0.25) is 0 Å². The Bertz CT molecular complexity index is 124. The molecule has 0 aliphatic heterocycles. The van der Waals surface area contributed by atoms with Crippen molar-refractivity contribution in [3.05, 3.63) is 12.2 Å². The van der Waals surface area contributed by atoms with Crippen LogP contribution >= 0.6 is 0 Å². The van der Waals surface area contributed by atoms with Gasteiger partial charge in [0.05, 0.1) is 0 Å². The van der Waals surface area contributed by atoms with E-state index in [0.29, 0.717) is 0 Å². The van der Waals surface area contributed by atoms with E-state index in [4.69, 9.17) is 0 Å². The molecule has 0 nitrogen and oxygen atoms in total. The van der Waals surface area contributed by atoms with Crippen molar-refractivity contribution in [3.63, 3.8) is 0 Å². The molecule has 0 heterocycles. The maximum absolute atomic E-state index is 3.91. The van der Waals surface area contributed by atoms with E-state index >= 15 is 0 Å². The van der Waals surface area contributed by atoms with Crippen LogP contribution in [0.2, 0.25) is 0 Å². The molecular formula is C13H26. The van der Waals surface area contributed by atoms with Crippen molar-refractivity contribution >= 4 is 0 Å². The number of hydrogen-bond donors (Lipinski definition) is 0. The largest absolute Gasteiger partial charge is 0.100 e. The maximum atomic E-state index is 3.91. The van der Waals surface area contributed by atoms with Gasteiger partial charge < -0.3 is 0 Å². The quantitative estimate of drug-likeness (QED) is 0.368. The molecule has 0 saturated carbocycles. The van der Waals surface area contributed by atoms with Gasteiger partial charge in [0.25, 0.3) is 0 Å². The van der Waals surface area contributed by atoms with Crippen molar-refractivity contribution in [1.29, 1.82) is 0 Å². The number of unbranched alkanes of at least 4 members (excludes halogenated alkanes) is 3. The summed E-state index contributed by atoms with van der Waals surface area (Å²) in [5, 5.41) is 0. The monoisotopic (exact) mass is 182 g/mol. The highest BCUT2D eigenvalue weighted by Gasteiger charge is 1.97. The lowest BCUT2D eigenvalue weighted by Gasteiger charge is -2.07. The van der Waals surface area contributed by atoms with Crippen LogP contribution in [0.1, 0.15) is 65.7 Å². The predicted molar refractivity (Wildman–Crippen MR) is 62.0 cm³/mol. The second-order valence-electron chi connectivity index (χ2n) is 4.42. The molecule has 0 spiro atoms. The predicted octanol–water partition coefficient (Wildman–Crippen LogP) is 4.95. The lowest BCUT2D eigenvalue weighted by molar-refractivity contribution is 0.474. The van der Waals surface area contributed by atoms with Crippen LogP contribution in [0.15, 0.2) is 12.2 Å². The summed E-state index contributed by atoms with van der Waals surface area (Å²) in [6.07, 6.45) is 9.56. The minimum atomic E-state index is 0.932. The van der Waals surface area contributed by atoms with Gasteiger partial charge in [0.15, 0.2) is 0 Å². The Morgan fingerprint density at radius 3 is 2.31 bits per heavy atom. The second kappa shape index (κ2) is 8.34. The van der Waals surface area contributed by atoms with Crippen molar-refractivity contribution < 1.29 is 0 Å². The highest BCUT2D eigenvalue weighted by atomic mass is 14.0. The molecule has 0 aromatic rings. The minimum absolute atomic E-state index is 0.932. The lowest BCUT2D eigenvalue weighted by atomic mass is 10.00. The van der Waals surface area contributed by atoms with Crippen molar-refractivity contribution in [2.45, 2.75) is 65.7 Å². The van der Waals surface area contributed by atoms with Gasteiger partial charge in [-0.25, -0.2) is 0 Å². The average Bonchev–Trinajstić information content (AvgIpc) is 2.10. The molecule has 0 heteroatoms. The Labute approximate surface area is 84.4 Å². The summed E-state index contributed by atoms with van der Waals surface area (Å²) in [7, 11) is 0. The number of hydrogen-bond acceptors (Lipinski definition) is 0. The molecule has 1 atom stereocenters. The summed E-state index contributed by atoms with van der Waals surface area (Å²) in [4.78, 5) is 0. The summed E-state index contributed by atoms with van der Waals surface area (Å²) < 4.78 is 0. The van der Waals surface area contributed by atoms with Crippen molar-refractivity contribution in [1.82, 2.24) is 0 Å². The van der Waals surface area contributed by atoms with Gasteiger partial charge in [0.1, 0.15) is 0 Å². The van der Waals surface area contributed by atoms with E-state index in [9.17, 15) is 0 Å². The van der Waals surface area contributed by atoms with Crippen LogP contribution in [0.25, 0.3) is 0 Å². The van der Waals surface area contributed by atoms with Crippen molar-refractivity contribution in [2.75, 3.05) is 0 Å². The first-order chi connectivity index (χ1) is 6.16. The molecule has 0 saturated heterocycles. The van der Waals surface area contributed by atoms with Crippen molar-refractivity contribution in [2.24, 2.45) is 5.92 Å². The molecule has 0 aromatic heterocycles. The van der Waals surface area contributed by atoms with Crippen LogP contribution in [-0.4, -0.2) is 0 Å². The van der Waals surface area contributed by atoms with Crippen LogP contribution in [0.3, 0.4) is 0 Å². The van der Waals surface area contributed by atoms with Crippen molar-refractivity contribution in [3.8, 4) is 0 Å². The average molecular weight is 182 g/mol. The van der Waals surface area contributed by atoms with E-state index in [1.807, 2.05) is 0 Å². The molecule has 0 fully saturated rings. The topological polar surface area (TPSA) is 0 Å². The van der Waals surface area contributed by atoms with Gasteiger partial charge in [-0.15, -0.1) is 6.58 Å². The summed E-state index contributed by atoms with van der Waals surface area (Å²) in [6.45, 7) is 10.7. The third-order valence-electron chi connectivity index (χ3n) is 2.75. The van der Waals surface area contributed by atoms with Gasteiger partial charge in [-0.2, -0.15) is 0 Å². The standard InChI is InChI=1S/C13H26/c1-5-13(4)11-9-7-6-8-10-12(2)3/h13H,2,5-11H2,1,3-4H3. The van der Waals surface area contributed by atoms with Gasteiger partial charge in [-0.05, 0) is 25.7 Å². The highest BCUT2D eigenvalue weighted by Crippen LogP contribution is 2.14. The third-order valence-corrected chi connectivity index (χ3v) is 2.75. The highest BCUT2D eigenvalue weighted by molar-refractivity contribution is 4.86. The number of rotatable bonds is 8. The molecule has 0 rings (SSSR count). The van der Waals surface area contributed by atoms with E-state index in [1.54, 1.807) is 0 Å². The Hall–Kier alpha value is -0.260. The van der Waals surface area contributed by atoms with Crippen LogP contribution in [0.4, 0.5) is 0 Å². The van der Waals surface area contributed by atoms with Gasteiger partial charge >= 0.3 is 0 Å². The molecular weight excluding hydrogens is 156 g/mol. The Morgan fingerprint density at radius 1 is 1.15 bits per heavy atom. The molecule has 0 aromatic carbocycles. The molecule has 0 aliphatic carbocycles. The lowest BCUT2D eigenvalue weighted by Crippen LogP contribution is -1.91. The minimum Gasteiger partial charge on any atom is -0.100 e. The molecule has 13 heavy (non-hydrogen) atoms. The van der Waals surface area contributed by atoms with E-state index in [1.165, 1.54) is 50.5 Å². The van der Waals surface area contributed by atoms with Gasteiger partial charge in [-0.1, -0.05) is 51.5 Å². The molecule has 0 amide bonds. The summed E-state index contributed by atoms with van der Waals surface area (Å²) in [5.74, 6) is 0.932. The van der Waals surface area contributed by atoms with Crippen LogP contribution < -0.4 is 0 Å². The fraction of sp³-hybridized carbons (Fsp3) is 0.846. The normalized spacial score (nSPS) is 12.8. The fourth-order valence-electron chi connectivity index (χ4n) is 1.48. The fourth-order valence-corrected chi connectivity index (χ4v) is 1.48. The third kappa shape index (κ3) is 9.66. The Morgan fingerprint density at radius 2 is 1.77 bits per heavy atom. The SMILES string of the molecule is C=C(C)CCCCCCC(C)CC. The first-order valence-corrected chi connectivity index (χ1v) is 5.81. The van der Waals surface area contributed by atoms with Crippen LogP contribution in [0, 0.1) is 5.92 Å². The zero-order chi connectivity index (χ0) is 10.1. The molecule has 0 N–H and O–H groups in total. The number of allylic oxidation sites excluding steroid dienone is 1. The Kier molecular flexibility index (Phi) is 8.18. The van der Waals surface area contributed by atoms with E-state index in [2.05, 4.69) is 27.4 Å². The van der Waals surface area contributed by atoms with E-state index < -0.39 is 0 Å². The molecule has 1 unspecified atom stereocenters. The molecule has 0 bridgehead atoms. The summed E-state index contributed by atoms with van der Waals surface area (Å²) in [5.41, 5.74) is 1.34. The van der Waals surface area contributed by atoms with Gasteiger partial charge in [0, 0.05) is 0 Å². The van der Waals surface area contributed by atoms with Gasteiger partial charge in [-0.3, -0.25) is 0 Å². The summed E-state index contributed by atoms with van der Waals surface area (Å²) in [6, 6.07) is 0. The van der Waals surface area contributed by atoms with E-state index in [-0.39, 0.29) is 0 Å². The molecule has 78 valence electrons. The zero-order valence-electron chi connectivity index (χ0n) is 9.73. The Balaban J connectivity index is 3.04. The van der Waals surface area contributed by atoms with Crippen LogP contribution in [0.5, 0.6) is 0 Å². The molecule has 0 aliphatic rings. The smallest absolute Gasteiger partial charge is 0.0326 e. The van der Waals surface area contributed by atoms with Crippen LogP contribution in [-0.2, 0) is 0 Å².